The van der Waals surface area contributed by atoms with Gasteiger partial charge in [0.1, 0.15) is 5.82 Å². The molecule has 0 unspecified atom stereocenters. The van der Waals surface area contributed by atoms with Crippen LogP contribution in [0.2, 0.25) is 0 Å². The van der Waals surface area contributed by atoms with Gasteiger partial charge in [-0.2, -0.15) is 0 Å². The highest BCUT2D eigenvalue weighted by Gasteiger charge is 1.94. The average Bonchev–Trinajstić information content (AvgIpc) is 1.89. The molecular formula is C5H6N2OS. The van der Waals surface area contributed by atoms with Crippen molar-refractivity contribution in [2.75, 3.05) is 5.73 Å². The number of nitrogens with zero attached hydrogens (tertiary/aromatic N) is 1. The summed E-state index contributed by atoms with van der Waals surface area (Å²) in [6, 6.07) is 3.42. The lowest BCUT2D eigenvalue weighted by atomic mass is 10.5. The fourth-order valence-electron chi connectivity index (χ4n) is 0.480. The maximum absolute atomic E-state index is 8.52. The molecule has 0 radical (unpaired) electrons. The lowest BCUT2D eigenvalue weighted by Gasteiger charge is -1.95. The van der Waals surface area contributed by atoms with Crippen LogP contribution in [0.1, 0.15) is 0 Å². The molecule has 0 aliphatic rings. The van der Waals surface area contributed by atoms with E-state index < -0.39 is 0 Å². The van der Waals surface area contributed by atoms with Crippen LogP contribution >= 0.6 is 12.0 Å². The summed E-state index contributed by atoms with van der Waals surface area (Å²) in [6.07, 6.45) is 1.58. The molecule has 1 aromatic heterocycles. The van der Waals surface area contributed by atoms with Crippen molar-refractivity contribution in [3.63, 3.8) is 0 Å². The van der Waals surface area contributed by atoms with Crippen LogP contribution < -0.4 is 5.73 Å². The number of nitrogens with two attached hydrogens (primary N) is 1. The molecule has 48 valence electrons. The minimum absolute atomic E-state index is 0.366. The number of hydrogen-bond donors (Lipinski definition) is 2. The van der Waals surface area contributed by atoms with Crippen molar-refractivity contribution < 1.29 is 4.55 Å². The molecule has 3 N–H and O–H groups in total. The predicted molar refractivity (Wildman–Crippen MR) is 37.1 cm³/mol. The first-order valence-electron chi connectivity index (χ1n) is 2.36. The maximum atomic E-state index is 8.52. The largest absolute Gasteiger partial charge is 0.383 e. The summed E-state index contributed by atoms with van der Waals surface area (Å²) in [5.74, 6) is 0.366. The zero-order valence-corrected chi connectivity index (χ0v) is 5.43. The molecule has 0 aliphatic heterocycles. The monoisotopic (exact) mass is 142 g/mol. The molecule has 0 aromatic carbocycles. The molecule has 0 bridgehead atoms. The van der Waals surface area contributed by atoms with Crippen molar-refractivity contribution in [3.05, 3.63) is 18.3 Å². The molecular weight excluding hydrogens is 136 g/mol. The van der Waals surface area contributed by atoms with Gasteiger partial charge in [0.25, 0.3) is 0 Å². The number of rotatable bonds is 1. The quantitative estimate of drug-likeness (QED) is 0.579. The standard InChI is InChI=1S/C5H6N2OS/c6-5-4(9-8)2-1-3-7-5/h1-3,8H,(H2,6,7). The van der Waals surface area contributed by atoms with Crippen LogP contribution in [0.25, 0.3) is 0 Å². The van der Waals surface area contributed by atoms with E-state index in [1.54, 1.807) is 18.3 Å². The van der Waals surface area contributed by atoms with E-state index >= 15 is 0 Å². The smallest absolute Gasteiger partial charge is 0.139 e. The second-order valence-electron chi connectivity index (χ2n) is 1.48. The molecule has 4 heteroatoms. The summed E-state index contributed by atoms with van der Waals surface area (Å²) in [6.45, 7) is 0. The van der Waals surface area contributed by atoms with Crippen LogP contribution in [-0.2, 0) is 0 Å². The molecule has 0 fully saturated rings. The summed E-state index contributed by atoms with van der Waals surface area (Å²) in [5.41, 5.74) is 5.34. The normalized spacial score (nSPS) is 9.44. The average molecular weight is 142 g/mol. The van der Waals surface area contributed by atoms with Gasteiger partial charge in [0.05, 0.1) is 4.90 Å². The van der Waals surface area contributed by atoms with Crippen LogP contribution in [0.4, 0.5) is 5.82 Å². The molecule has 0 amide bonds. The van der Waals surface area contributed by atoms with Gasteiger partial charge in [-0.1, -0.05) is 0 Å². The fourth-order valence-corrected chi connectivity index (χ4v) is 0.766. The molecule has 0 spiro atoms. The summed E-state index contributed by atoms with van der Waals surface area (Å²) in [7, 11) is 0. The second kappa shape index (κ2) is 2.70. The third-order valence-corrected chi connectivity index (χ3v) is 1.44. The van der Waals surface area contributed by atoms with Crippen molar-refractivity contribution in [2.45, 2.75) is 4.90 Å². The summed E-state index contributed by atoms with van der Waals surface area (Å²) in [5, 5.41) is 0. The first-order chi connectivity index (χ1) is 4.34. The van der Waals surface area contributed by atoms with E-state index in [2.05, 4.69) is 4.98 Å². The van der Waals surface area contributed by atoms with Crippen molar-refractivity contribution >= 4 is 17.9 Å². The molecule has 0 saturated carbocycles. The number of nitrogen functional groups attached to an aromatic ring is 1. The lowest BCUT2D eigenvalue weighted by molar-refractivity contribution is 0.664. The molecule has 1 aromatic rings. The zero-order valence-electron chi connectivity index (χ0n) is 4.61. The maximum Gasteiger partial charge on any atom is 0.139 e. The second-order valence-corrected chi connectivity index (χ2v) is 2.10. The van der Waals surface area contributed by atoms with Gasteiger partial charge in [0.2, 0.25) is 0 Å². The summed E-state index contributed by atoms with van der Waals surface area (Å²) >= 11 is 0.608. The highest BCUT2D eigenvalue weighted by Crippen LogP contribution is 2.17. The Kier molecular flexibility index (Phi) is 1.92. The van der Waals surface area contributed by atoms with Gasteiger partial charge in [0, 0.05) is 18.2 Å². The Labute approximate surface area is 57.1 Å². The third kappa shape index (κ3) is 1.34. The Morgan fingerprint density at radius 3 is 2.89 bits per heavy atom. The molecule has 9 heavy (non-hydrogen) atoms. The van der Waals surface area contributed by atoms with Gasteiger partial charge >= 0.3 is 0 Å². The summed E-state index contributed by atoms with van der Waals surface area (Å²) in [4.78, 5) is 4.34. The number of aromatic nitrogens is 1. The Morgan fingerprint density at radius 2 is 2.44 bits per heavy atom. The van der Waals surface area contributed by atoms with Crippen LogP contribution in [0.3, 0.4) is 0 Å². The van der Waals surface area contributed by atoms with Crippen molar-refractivity contribution in [1.29, 1.82) is 0 Å². The van der Waals surface area contributed by atoms with E-state index in [0.717, 1.165) is 0 Å². The Balaban J connectivity index is 3.01. The van der Waals surface area contributed by atoms with Crippen LogP contribution in [0.15, 0.2) is 23.2 Å². The van der Waals surface area contributed by atoms with Gasteiger partial charge in [-0.15, -0.1) is 0 Å². The minimum Gasteiger partial charge on any atom is -0.383 e. The van der Waals surface area contributed by atoms with Crippen LogP contribution in [0, 0.1) is 0 Å². The molecule has 1 heterocycles. The number of hydrogen-bond acceptors (Lipinski definition) is 4. The highest BCUT2D eigenvalue weighted by atomic mass is 32.2. The van der Waals surface area contributed by atoms with E-state index in [1.165, 1.54) is 0 Å². The van der Waals surface area contributed by atoms with E-state index in [1.807, 2.05) is 0 Å². The highest BCUT2D eigenvalue weighted by molar-refractivity contribution is 7.94. The SMILES string of the molecule is Nc1ncccc1SO. The lowest BCUT2D eigenvalue weighted by Crippen LogP contribution is -1.90. The van der Waals surface area contributed by atoms with Crippen molar-refractivity contribution in [2.24, 2.45) is 0 Å². The van der Waals surface area contributed by atoms with E-state index in [-0.39, 0.29) is 0 Å². The third-order valence-electron chi connectivity index (χ3n) is 0.898. The molecule has 0 atom stereocenters. The molecule has 0 aliphatic carbocycles. The fraction of sp³-hybridized carbons (Fsp3) is 0. The van der Waals surface area contributed by atoms with E-state index in [0.29, 0.717) is 22.8 Å². The van der Waals surface area contributed by atoms with Crippen molar-refractivity contribution in [3.8, 4) is 0 Å². The van der Waals surface area contributed by atoms with E-state index in [9.17, 15) is 0 Å². The number of pyridine rings is 1. The number of anilines is 1. The van der Waals surface area contributed by atoms with E-state index in [4.69, 9.17) is 10.3 Å². The van der Waals surface area contributed by atoms with Crippen LogP contribution in [0.5, 0.6) is 0 Å². The van der Waals surface area contributed by atoms with Crippen molar-refractivity contribution in [1.82, 2.24) is 4.98 Å². The van der Waals surface area contributed by atoms with Gasteiger partial charge in [-0.05, 0) is 12.1 Å². The molecule has 3 nitrogen and oxygen atoms in total. The Morgan fingerprint density at radius 1 is 1.67 bits per heavy atom. The first-order valence-corrected chi connectivity index (χ1v) is 3.14. The van der Waals surface area contributed by atoms with Gasteiger partial charge in [-0.25, -0.2) is 4.98 Å². The summed E-state index contributed by atoms with van der Waals surface area (Å²) < 4.78 is 8.52. The Bertz CT molecular complexity index is 204. The van der Waals surface area contributed by atoms with Gasteiger partial charge in [-0.3, -0.25) is 0 Å². The zero-order chi connectivity index (χ0) is 6.69. The van der Waals surface area contributed by atoms with Gasteiger partial charge in [0.15, 0.2) is 0 Å². The molecule has 1 rings (SSSR count). The first kappa shape index (κ1) is 6.38. The minimum atomic E-state index is 0.366. The Hall–Kier alpha value is -0.740. The van der Waals surface area contributed by atoms with Crippen LogP contribution in [-0.4, -0.2) is 9.54 Å². The predicted octanol–water partition coefficient (Wildman–Crippen LogP) is 1.23. The topological polar surface area (TPSA) is 59.1 Å². The van der Waals surface area contributed by atoms with Gasteiger partial charge < -0.3 is 10.3 Å². The molecule has 0 saturated heterocycles.